The van der Waals surface area contributed by atoms with Gasteiger partial charge in [0.2, 0.25) is 0 Å². The van der Waals surface area contributed by atoms with E-state index in [4.69, 9.17) is 0 Å². The van der Waals surface area contributed by atoms with Crippen molar-refractivity contribution in [3.05, 3.63) is 0 Å². The Hall–Kier alpha value is -0.220. The van der Waals surface area contributed by atoms with Gasteiger partial charge in [0.05, 0.1) is 5.92 Å². The van der Waals surface area contributed by atoms with Crippen molar-refractivity contribution in [3.8, 4) is 0 Å². The molecule has 3 atom stereocenters. The highest BCUT2D eigenvalue weighted by atomic mass is 32.2. The van der Waals surface area contributed by atoms with E-state index in [1.807, 2.05) is 11.8 Å². The first kappa shape index (κ1) is 16.8. The molecule has 0 aromatic rings. The third-order valence-corrected chi connectivity index (χ3v) is 5.62. The van der Waals surface area contributed by atoms with Gasteiger partial charge in [-0.1, -0.05) is 34.6 Å². The maximum atomic E-state index is 11.2. The zero-order valence-corrected chi connectivity index (χ0v) is 13.7. The lowest BCUT2D eigenvalue weighted by atomic mass is 9.88. The Morgan fingerprint density at radius 2 is 2.05 bits per heavy atom. The number of hydrogen-bond acceptors (Lipinski definition) is 3. The molecule has 4 heteroatoms. The molecule has 1 fully saturated rings. The van der Waals surface area contributed by atoms with Crippen LogP contribution < -0.4 is 5.32 Å². The molecule has 3 nitrogen and oxygen atoms in total. The minimum atomic E-state index is -0.667. The second-order valence-electron chi connectivity index (χ2n) is 7.19. The summed E-state index contributed by atoms with van der Waals surface area (Å²) < 4.78 is 0. The molecule has 1 rings (SSSR count). The fourth-order valence-corrected chi connectivity index (χ4v) is 4.11. The molecule has 3 unspecified atom stereocenters. The van der Waals surface area contributed by atoms with E-state index >= 15 is 0 Å². The maximum absolute atomic E-state index is 11.2. The molecule has 0 radical (unpaired) electrons. The first-order valence-corrected chi connectivity index (χ1v) is 8.32. The van der Waals surface area contributed by atoms with Crippen molar-refractivity contribution in [2.24, 2.45) is 17.3 Å². The average molecular weight is 287 g/mol. The minimum absolute atomic E-state index is 0.251. The number of carbonyl (C=O) groups is 1. The third kappa shape index (κ3) is 5.74. The van der Waals surface area contributed by atoms with E-state index in [-0.39, 0.29) is 5.92 Å². The minimum Gasteiger partial charge on any atom is -0.481 e. The van der Waals surface area contributed by atoms with Gasteiger partial charge < -0.3 is 10.4 Å². The smallest absolute Gasteiger partial charge is 0.307 e. The zero-order chi connectivity index (χ0) is 14.6. The van der Waals surface area contributed by atoms with Crippen molar-refractivity contribution in [1.29, 1.82) is 0 Å². The van der Waals surface area contributed by atoms with E-state index in [0.29, 0.717) is 29.2 Å². The SMILES string of the molecule is CC(C)CC(CNC1CSC(C(C)(C)C)C1)C(=O)O. The van der Waals surface area contributed by atoms with Gasteiger partial charge in [-0.05, 0) is 24.2 Å². The summed E-state index contributed by atoms with van der Waals surface area (Å²) in [5.74, 6) is 0.622. The van der Waals surface area contributed by atoms with Crippen LogP contribution >= 0.6 is 11.8 Å². The summed E-state index contributed by atoms with van der Waals surface area (Å²) in [5.41, 5.74) is 0.339. The van der Waals surface area contributed by atoms with Crippen LogP contribution in [-0.4, -0.2) is 34.7 Å². The molecule has 112 valence electrons. The third-order valence-electron chi connectivity index (χ3n) is 3.72. The van der Waals surface area contributed by atoms with E-state index in [1.165, 1.54) is 0 Å². The summed E-state index contributed by atoms with van der Waals surface area (Å²) >= 11 is 2.02. The number of carboxylic acids is 1. The predicted octanol–water partition coefficient (Wildman–Crippen LogP) is 3.24. The van der Waals surface area contributed by atoms with Crippen LogP contribution in [0.4, 0.5) is 0 Å². The Labute approximate surface area is 121 Å². The molecule has 1 saturated heterocycles. The molecule has 0 amide bonds. The van der Waals surface area contributed by atoms with Crippen LogP contribution in [0.15, 0.2) is 0 Å². The van der Waals surface area contributed by atoms with E-state index in [1.54, 1.807) is 0 Å². The number of thioether (sulfide) groups is 1. The zero-order valence-electron chi connectivity index (χ0n) is 12.9. The van der Waals surface area contributed by atoms with Crippen LogP contribution in [0.25, 0.3) is 0 Å². The first-order chi connectivity index (χ1) is 8.70. The lowest BCUT2D eigenvalue weighted by Crippen LogP contribution is -2.37. The number of nitrogens with one attached hydrogen (secondary N) is 1. The molecule has 0 saturated carbocycles. The molecule has 0 aromatic carbocycles. The van der Waals surface area contributed by atoms with Crippen LogP contribution in [0, 0.1) is 17.3 Å². The summed E-state index contributed by atoms with van der Waals surface area (Å²) in [6.45, 7) is 11.6. The van der Waals surface area contributed by atoms with Gasteiger partial charge in [-0.2, -0.15) is 11.8 Å². The van der Waals surface area contributed by atoms with Gasteiger partial charge in [0.15, 0.2) is 0 Å². The van der Waals surface area contributed by atoms with E-state index in [0.717, 1.165) is 18.6 Å². The van der Waals surface area contributed by atoms with Gasteiger partial charge >= 0.3 is 5.97 Å². The monoisotopic (exact) mass is 287 g/mol. The summed E-state index contributed by atoms with van der Waals surface area (Å²) in [4.78, 5) is 11.2. The summed E-state index contributed by atoms with van der Waals surface area (Å²) in [6.07, 6.45) is 1.91. The van der Waals surface area contributed by atoms with Crippen LogP contribution in [0.1, 0.15) is 47.5 Å². The van der Waals surface area contributed by atoms with Crippen molar-refractivity contribution in [3.63, 3.8) is 0 Å². The van der Waals surface area contributed by atoms with Gasteiger partial charge in [-0.3, -0.25) is 4.79 Å². The van der Waals surface area contributed by atoms with Crippen LogP contribution in [0.2, 0.25) is 0 Å². The second-order valence-corrected chi connectivity index (χ2v) is 8.43. The Bertz CT molecular complexity index is 299. The Kier molecular flexibility index (Phi) is 6.18. The van der Waals surface area contributed by atoms with E-state index < -0.39 is 5.97 Å². The molecule has 1 aliphatic rings. The standard InChI is InChI=1S/C15H29NO2S/c1-10(2)6-11(14(17)18)8-16-12-7-13(19-9-12)15(3,4)5/h10-13,16H,6-9H2,1-5H3,(H,17,18). The van der Waals surface area contributed by atoms with Crippen LogP contribution in [0.3, 0.4) is 0 Å². The van der Waals surface area contributed by atoms with Crippen LogP contribution in [0.5, 0.6) is 0 Å². The van der Waals surface area contributed by atoms with E-state index in [9.17, 15) is 9.90 Å². The Morgan fingerprint density at radius 3 is 2.47 bits per heavy atom. The molecule has 0 aliphatic carbocycles. The fraction of sp³-hybridized carbons (Fsp3) is 0.933. The van der Waals surface area contributed by atoms with E-state index in [2.05, 4.69) is 39.9 Å². The molecular formula is C15H29NO2S. The topological polar surface area (TPSA) is 49.3 Å². The molecule has 0 aromatic heterocycles. The molecule has 0 bridgehead atoms. The van der Waals surface area contributed by atoms with Crippen molar-refractivity contribution in [1.82, 2.24) is 5.32 Å². The molecule has 1 heterocycles. The second kappa shape index (κ2) is 6.98. The number of hydrogen-bond donors (Lipinski definition) is 2. The van der Waals surface area contributed by atoms with Gasteiger partial charge in [-0.15, -0.1) is 0 Å². The molecule has 1 aliphatic heterocycles. The van der Waals surface area contributed by atoms with Crippen molar-refractivity contribution in [2.45, 2.75) is 58.8 Å². The highest BCUT2D eigenvalue weighted by Crippen LogP contribution is 2.39. The average Bonchev–Trinajstić information content (AvgIpc) is 2.71. The predicted molar refractivity (Wildman–Crippen MR) is 82.7 cm³/mol. The van der Waals surface area contributed by atoms with Gasteiger partial charge in [-0.25, -0.2) is 0 Å². The lowest BCUT2D eigenvalue weighted by molar-refractivity contribution is -0.142. The van der Waals surface area contributed by atoms with Crippen molar-refractivity contribution >= 4 is 17.7 Å². The van der Waals surface area contributed by atoms with Gasteiger partial charge in [0, 0.05) is 23.6 Å². The van der Waals surface area contributed by atoms with Crippen LogP contribution in [-0.2, 0) is 4.79 Å². The quantitative estimate of drug-likeness (QED) is 0.787. The van der Waals surface area contributed by atoms with Crippen molar-refractivity contribution in [2.75, 3.05) is 12.3 Å². The Morgan fingerprint density at radius 1 is 1.42 bits per heavy atom. The molecular weight excluding hydrogens is 258 g/mol. The summed E-state index contributed by atoms with van der Waals surface area (Å²) in [7, 11) is 0. The number of rotatable bonds is 6. The summed E-state index contributed by atoms with van der Waals surface area (Å²) in [6, 6.07) is 0.475. The van der Waals surface area contributed by atoms with Gasteiger partial charge in [0.25, 0.3) is 0 Å². The number of aliphatic carboxylic acids is 1. The van der Waals surface area contributed by atoms with Crippen molar-refractivity contribution < 1.29 is 9.90 Å². The highest BCUT2D eigenvalue weighted by molar-refractivity contribution is 8.00. The normalized spacial score (nSPS) is 25.8. The maximum Gasteiger partial charge on any atom is 0.307 e. The molecule has 0 spiro atoms. The van der Waals surface area contributed by atoms with Gasteiger partial charge in [0.1, 0.15) is 0 Å². The Balaban J connectivity index is 2.38. The fourth-order valence-electron chi connectivity index (χ4n) is 2.52. The lowest BCUT2D eigenvalue weighted by Gasteiger charge is -2.26. The molecule has 19 heavy (non-hydrogen) atoms. The highest BCUT2D eigenvalue weighted by Gasteiger charge is 2.34. The largest absolute Gasteiger partial charge is 0.481 e. The number of carboxylic acid groups (broad SMARTS) is 1. The summed E-state index contributed by atoms with van der Waals surface area (Å²) in [5, 5.41) is 13.4. The first-order valence-electron chi connectivity index (χ1n) is 7.28. The molecule has 2 N–H and O–H groups in total.